The lowest BCUT2D eigenvalue weighted by atomic mass is 10.0. The predicted molar refractivity (Wildman–Crippen MR) is 64.6 cm³/mol. The van der Waals surface area contributed by atoms with Gasteiger partial charge in [-0.3, -0.25) is 5.41 Å². The second kappa shape index (κ2) is 4.22. The van der Waals surface area contributed by atoms with Gasteiger partial charge in [-0.25, -0.2) is 9.69 Å². The molecule has 0 bridgehead atoms. The fourth-order valence-corrected chi connectivity index (χ4v) is 1.63. The molecule has 0 fully saturated rings. The Kier molecular flexibility index (Phi) is 3.17. The summed E-state index contributed by atoms with van der Waals surface area (Å²) in [5.41, 5.74) is 14.0. The van der Waals surface area contributed by atoms with Gasteiger partial charge in [-0.05, 0) is 37.5 Å². The van der Waals surface area contributed by atoms with Crippen LogP contribution in [0.3, 0.4) is 0 Å². The number of amides is 2. The molecule has 0 radical (unpaired) electrons. The molecule has 5 nitrogen and oxygen atoms in total. The zero-order valence-electron chi connectivity index (χ0n) is 9.66. The van der Waals surface area contributed by atoms with Crippen LogP contribution in [0.5, 0.6) is 0 Å². The molecule has 0 aliphatic carbocycles. The zero-order valence-corrected chi connectivity index (χ0v) is 9.66. The molecule has 2 amide bonds. The molecule has 1 aromatic carbocycles. The van der Waals surface area contributed by atoms with Crippen LogP contribution in [-0.4, -0.2) is 12.0 Å². The summed E-state index contributed by atoms with van der Waals surface area (Å²) >= 11 is 0. The normalized spacial score (nSPS) is 9.94. The molecule has 0 aromatic heterocycles. The lowest BCUT2D eigenvalue weighted by Gasteiger charge is -2.23. The van der Waals surface area contributed by atoms with Crippen LogP contribution < -0.4 is 16.4 Å². The number of carbonyl (C=O) groups is 1. The van der Waals surface area contributed by atoms with Crippen LogP contribution in [0.1, 0.15) is 16.7 Å². The summed E-state index contributed by atoms with van der Waals surface area (Å²) < 4.78 is 0. The number of hydrogen-bond donors (Lipinski definition) is 3. The van der Waals surface area contributed by atoms with E-state index in [1.54, 1.807) is 0 Å². The average molecular weight is 220 g/mol. The molecule has 0 atom stereocenters. The Morgan fingerprint density at radius 2 is 1.69 bits per heavy atom. The van der Waals surface area contributed by atoms with E-state index in [1.165, 1.54) is 0 Å². The van der Waals surface area contributed by atoms with Crippen molar-refractivity contribution in [3.05, 3.63) is 28.8 Å². The summed E-state index contributed by atoms with van der Waals surface area (Å²) in [6, 6.07) is 3.08. The van der Waals surface area contributed by atoms with Crippen LogP contribution >= 0.6 is 0 Å². The molecule has 5 heteroatoms. The molecule has 0 saturated heterocycles. The van der Waals surface area contributed by atoms with Gasteiger partial charge in [0.25, 0.3) is 0 Å². The van der Waals surface area contributed by atoms with E-state index in [9.17, 15) is 4.79 Å². The highest BCUT2D eigenvalue weighted by molar-refractivity contribution is 6.14. The molecule has 0 aliphatic rings. The third kappa shape index (κ3) is 1.98. The van der Waals surface area contributed by atoms with Crippen molar-refractivity contribution in [1.29, 1.82) is 5.41 Å². The highest BCUT2D eigenvalue weighted by Crippen LogP contribution is 2.26. The van der Waals surface area contributed by atoms with Crippen LogP contribution in [0.25, 0.3) is 0 Å². The minimum absolute atomic E-state index is 0.371. The lowest BCUT2D eigenvalue weighted by molar-refractivity contribution is 0.256. The van der Waals surface area contributed by atoms with Crippen LogP contribution in [-0.2, 0) is 0 Å². The molecular formula is C11H16N4O. The van der Waals surface area contributed by atoms with E-state index in [-0.39, 0.29) is 5.96 Å². The van der Waals surface area contributed by atoms with Crippen molar-refractivity contribution in [2.75, 3.05) is 4.90 Å². The number of aryl methyl sites for hydroxylation is 2. The summed E-state index contributed by atoms with van der Waals surface area (Å²) in [5.74, 6) is -0.371. The van der Waals surface area contributed by atoms with Gasteiger partial charge in [0.1, 0.15) is 0 Å². The number of nitrogens with zero attached hydrogens (tertiary/aromatic N) is 1. The van der Waals surface area contributed by atoms with Gasteiger partial charge in [0.15, 0.2) is 0 Å². The summed E-state index contributed by atoms with van der Waals surface area (Å²) in [7, 11) is 0. The maximum absolute atomic E-state index is 11.3. The summed E-state index contributed by atoms with van der Waals surface area (Å²) in [6.07, 6.45) is 0. The number of nitrogens with one attached hydrogen (secondary N) is 1. The van der Waals surface area contributed by atoms with E-state index in [0.29, 0.717) is 5.69 Å². The van der Waals surface area contributed by atoms with Crippen molar-refractivity contribution >= 4 is 17.7 Å². The van der Waals surface area contributed by atoms with E-state index in [4.69, 9.17) is 16.9 Å². The Morgan fingerprint density at radius 3 is 2.12 bits per heavy atom. The predicted octanol–water partition coefficient (Wildman–Crippen LogP) is 1.39. The fraction of sp³-hybridized carbons (Fsp3) is 0.273. The number of urea groups is 1. The van der Waals surface area contributed by atoms with Gasteiger partial charge >= 0.3 is 6.03 Å². The van der Waals surface area contributed by atoms with Crippen molar-refractivity contribution < 1.29 is 4.79 Å². The molecule has 0 spiro atoms. The van der Waals surface area contributed by atoms with Crippen molar-refractivity contribution in [1.82, 2.24) is 0 Å². The minimum atomic E-state index is -0.746. The largest absolute Gasteiger partial charge is 0.369 e. The standard InChI is InChI=1S/C11H16N4O/c1-6-4-5-7(2)9(8(6)3)15(10(12)13)11(14)16/h4-5H,1-3H3,(H3,12,13)(H2,14,16). The average Bonchev–Trinajstić information content (AvgIpc) is 2.17. The topological polar surface area (TPSA) is 96.2 Å². The number of anilines is 1. The molecule has 5 N–H and O–H groups in total. The quantitative estimate of drug-likeness (QED) is 0.492. The number of primary amides is 1. The van der Waals surface area contributed by atoms with Crippen LogP contribution in [0.4, 0.5) is 10.5 Å². The first kappa shape index (κ1) is 12.0. The second-order valence-electron chi connectivity index (χ2n) is 3.73. The molecule has 1 rings (SSSR count). The Labute approximate surface area is 94.5 Å². The van der Waals surface area contributed by atoms with Gasteiger partial charge in [-0.15, -0.1) is 0 Å². The molecule has 16 heavy (non-hydrogen) atoms. The van der Waals surface area contributed by atoms with Crippen LogP contribution in [0, 0.1) is 26.2 Å². The van der Waals surface area contributed by atoms with Gasteiger partial charge in [0, 0.05) is 0 Å². The van der Waals surface area contributed by atoms with E-state index in [0.717, 1.165) is 21.6 Å². The third-order valence-electron chi connectivity index (χ3n) is 2.59. The van der Waals surface area contributed by atoms with E-state index in [1.807, 2.05) is 32.9 Å². The summed E-state index contributed by atoms with van der Waals surface area (Å²) in [4.78, 5) is 12.3. The summed E-state index contributed by atoms with van der Waals surface area (Å²) in [6.45, 7) is 5.65. The van der Waals surface area contributed by atoms with Gasteiger partial charge in [0.2, 0.25) is 5.96 Å². The molecule has 0 aliphatic heterocycles. The number of hydrogen-bond acceptors (Lipinski definition) is 2. The van der Waals surface area contributed by atoms with Gasteiger partial charge in [0.05, 0.1) is 5.69 Å². The molecular weight excluding hydrogens is 204 g/mol. The van der Waals surface area contributed by atoms with E-state index < -0.39 is 6.03 Å². The van der Waals surface area contributed by atoms with E-state index >= 15 is 0 Å². The van der Waals surface area contributed by atoms with Crippen LogP contribution in [0.2, 0.25) is 0 Å². The molecule has 86 valence electrons. The highest BCUT2D eigenvalue weighted by atomic mass is 16.2. The number of guanidine groups is 1. The Hall–Kier alpha value is -2.04. The van der Waals surface area contributed by atoms with E-state index in [2.05, 4.69) is 0 Å². The third-order valence-corrected chi connectivity index (χ3v) is 2.59. The fourth-order valence-electron chi connectivity index (χ4n) is 1.63. The van der Waals surface area contributed by atoms with Crippen molar-refractivity contribution in [3.8, 4) is 0 Å². The zero-order chi connectivity index (χ0) is 12.5. The first-order valence-corrected chi connectivity index (χ1v) is 4.86. The molecule has 1 aromatic rings. The number of carbonyl (C=O) groups excluding carboxylic acids is 1. The molecule has 0 heterocycles. The van der Waals surface area contributed by atoms with Gasteiger partial charge in [-0.2, -0.15) is 0 Å². The smallest absolute Gasteiger partial charge is 0.326 e. The van der Waals surface area contributed by atoms with Crippen molar-refractivity contribution in [3.63, 3.8) is 0 Å². The molecule has 0 unspecified atom stereocenters. The Bertz CT molecular complexity index is 440. The minimum Gasteiger partial charge on any atom is -0.369 e. The first-order valence-electron chi connectivity index (χ1n) is 4.86. The SMILES string of the molecule is Cc1ccc(C)c(N(C(=N)N)C(N)=O)c1C. The monoisotopic (exact) mass is 220 g/mol. The maximum Gasteiger partial charge on any atom is 0.326 e. The van der Waals surface area contributed by atoms with Crippen molar-refractivity contribution in [2.24, 2.45) is 11.5 Å². The maximum atomic E-state index is 11.3. The highest BCUT2D eigenvalue weighted by Gasteiger charge is 2.20. The van der Waals surface area contributed by atoms with Gasteiger partial charge in [-0.1, -0.05) is 12.1 Å². The van der Waals surface area contributed by atoms with Gasteiger partial charge < -0.3 is 11.5 Å². The lowest BCUT2D eigenvalue weighted by Crippen LogP contribution is -2.45. The molecule has 0 saturated carbocycles. The van der Waals surface area contributed by atoms with Crippen molar-refractivity contribution in [2.45, 2.75) is 20.8 Å². The Morgan fingerprint density at radius 1 is 1.19 bits per heavy atom. The van der Waals surface area contributed by atoms with Crippen LogP contribution in [0.15, 0.2) is 12.1 Å². The number of benzene rings is 1. The second-order valence-corrected chi connectivity index (χ2v) is 3.73. The first-order chi connectivity index (χ1) is 7.36. The summed E-state index contributed by atoms with van der Waals surface area (Å²) in [5, 5.41) is 7.39. The number of nitrogens with two attached hydrogens (primary N) is 2. The number of rotatable bonds is 1. The Balaban J connectivity index is 3.46.